The van der Waals surface area contributed by atoms with E-state index in [4.69, 9.17) is 4.42 Å². The van der Waals surface area contributed by atoms with Gasteiger partial charge in [0.15, 0.2) is 16.8 Å². The lowest BCUT2D eigenvalue weighted by atomic mass is 10.2. The van der Waals surface area contributed by atoms with Gasteiger partial charge in [-0.25, -0.2) is 4.39 Å². The van der Waals surface area contributed by atoms with Crippen molar-refractivity contribution in [2.75, 3.05) is 5.75 Å². The van der Waals surface area contributed by atoms with E-state index in [1.54, 1.807) is 24.7 Å². The summed E-state index contributed by atoms with van der Waals surface area (Å²) in [6.45, 7) is 4.20. The number of aryl methyl sites for hydroxylation is 1. The summed E-state index contributed by atoms with van der Waals surface area (Å²) in [5.74, 6) is 1.21. The molecule has 7 nitrogen and oxygen atoms in total. The fourth-order valence-corrected chi connectivity index (χ4v) is 4.89. The summed E-state index contributed by atoms with van der Waals surface area (Å²) in [7, 11) is 0. The number of carbonyl (C=O) groups is 1. The van der Waals surface area contributed by atoms with Crippen LogP contribution >= 0.6 is 11.8 Å². The Balaban J connectivity index is 1.40. The van der Waals surface area contributed by atoms with E-state index >= 15 is 0 Å². The van der Waals surface area contributed by atoms with E-state index in [1.165, 1.54) is 23.9 Å². The van der Waals surface area contributed by atoms with Crippen LogP contribution in [0.25, 0.3) is 17.1 Å². The summed E-state index contributed by atoms with van der Waals surface area (Å²) >= 11 is 1.32. The van der Waals surface area contributed by atoms with Crippen LogP contribution < -0.4 is 0 Å². The summed E-state index contributed by atoms with van der Waals surface area (Å²) in [5.41, 5.74) is 3.74. The second-order valence-electron chi connectivity index (χ2n) is 8.03. The first kappa shape index (κ1) is 22.8. The number of halogens is 1. The summed E-state index contributed by atoms with van der Waals surface area (Å²) in [6.07, 6.45) is 5.04. The van der Waals surface area contributed by atoms with E-state index in [2.05, 4.69) is 15.2 Å². The third-order valence-electron chi connectivity index (χ3n) is 5.66. The molecule has 176 valence electrons. The molecule has 4 heterocycles. The zero-order valence-corrected chi connectivity index (χ0v) is 20.0. The van der Waals surface area contributed by atoms with Gasteiger partial charge >= 0.3 is 0 Å². The molecule has 0 amide bonds. The van der Waals surface area contributed by atoms with Crippen LogP contribution in [0.2, 0.25) is 0 Å². The Bertz CT molecular complexity index is 1480. The molecule has 0 spiro atoms. The molecule has 5 rings (SSSR count). The van der Waals surface area contributed by atoms with Crippen LogP contribution in [0.5, 0.6) is 0 Å². The summed E-state index contributed by atoms with van der Waals surface area (Å²) in [6, 6.07) is 15.6. The lowest BCUT2D eigenvalue weighted by molar-refractivity contribution is 0.102. The molecule has 0 saturated carbocycles. The fourth-order valence-electron chi connectivity index (χ4n) is 4.07. The molecule has 0 aliphatic heterocycles. The standard InChI is InChI=1S/C26H22FN5O2S/c1-17-12-23(18(2)32(17)21-8-3-7-20(27)13-21)24(33)16-35-26-30-29-25(19-6-4-10-28-14-19)31(26)15-22-9-5-11-34-22/h3-14H,15-16H2,1-2H3. The zero-order valence-electron chi connectivity index (χ0n) is 19.2. The predicted octanol–water partition coefficient (Wildman–Crippen LogP) is 5.50. The quantitative estimate of drug-likeness (QED) is 0.212. The number of ketones is 1. The minimum absolute atomic E-state index is 0.0405. The fraction of sp³-hybridized carbons (Fsp3) is 0.154. The number of Topliss-reactive ketones (excluding diaryl/α,β-unsaturated/α-hetero) is 1. The molecular weight excluding hydrogens is 465 g/mol. The Morgan fingerprint density at radius 1 is 1.09 bits per heavy atom. The molecule has 0 bridgehead atoms. The van der Waals surface area contributed by atoms with Crippen LogP contribution in [-0.2, 0) is 6.54 Å². The average Bonchev–Trinajstić information content (AvgIpc) is 3.58. The van der Waals surface area contributed by atoms with Crippen LogP contribution in [0.3, 0.4) is 0 Å². The lowest BCUT2D eigenvalue weighted by Gasteiger charge is -2.10. The highest BCUT2D eigenvalue weighted by Crippen LogP contribution is 2.27. The largest absolute Gasteiger partial charge is 0.467 e. The third kappa shape index (κ3) is 4.67. The normalized spacial score (nSPS) is 11.2. The molecule has 0 radical (unpaired) electrons. The van der Waals surface area contributed by atoms with E-state index in [9.17, 15) is 9.18 Å². The second-order valence-corrected chi connectivity index (χ2v) is 8.97. The van der Waals surface area contributed by atoms with Crippen molar-refractivity contribution in [1.82, 2.24) is 24.3 Å². The molecular formula is C26H22FN5O2S. The number of furan rings is 1. The molecule has 0 unspecified atom stereocenters. The Kier molecular flexibility index (Phi) is 6.33. The number of carbonyl (C=O) groups excluding carboxylic acids is 1. The summed E-state index contributed by atoms with van der Waals surface area (Å²) in [5, 5.41) is 9.31. The van der Waals surface area contributed by atoms with Gasteiger partial charge in [-0.2, -0.15) is 0 Å². The highest BCUT2D eigenvalue weighted by atomic mass is 32.2. The molecule has 5 aromatic rings. The van der Waals surface area contributed by atoms with Crippen molar-refractivity contribution >= 4 is 17.5 Å². The first-order chi connectivity index (χ1) is 17.0. The van der Waals surface area contributed by atoms with Crippen molar-refractivity contribution in [2.24, 2.45) is 0 Å². The minimum Gasteiger partial charge on any atom is -0.467 e. The molecule has 1 aromatic carbocycles. The van der Waals surface area contributed by atoms with Crippen molar-refractivity contribution in [1.29, 1.82) is 0 Å². The molecule has 0 atom stereocenters. The van der Waals surface area contributed by atoms with Gasteiger partial charge in [-0.05, 0) is 62.4 Å². The number of benzene rings is 1. The van der Waals surface area contributed by atoms with Gasteiger partial charge in [-0.15, -0.1) is 10.2 Å². The number of hydrogen-bond donors (Lipinski definition) is 0. The number of nitrogens with zero attached hydrogens (tertiary/aromatic N) is 5. The van der Waals surface area contributed by atoms with E-state index in [1.807, 2.05) is 59.4 Å². The van der Waals surface area contributed by atoms with Crippen LogP contribution in [0.1, 0.15) is 27.5 Å². The first-order valence-corrected chi connectivity index (χ1v) is 12.0. The molecule has 35 heavy (non-hydrogen) atoms. The SMILES string of the molecule is Cc1cc(C(=O)CSc2nnc(-c3cccnc3)n2Cc2ccco2)c(C)n1-c1cccc(F)c1. The molecule has 4 aromatic heterocycles. The Labute approximate surface area is 205 Å². The Morgan fingerprint density at radius 2 is 1.97 bits per heavy atom. The molecule has 0 aliphatic carbocycles. The summed E-state index contributed by atoms with van der Waals surface area (Å²) < 4.78 is 23.1. The highest BCUT2D eigenvalue weighted by molar-refractivity contribution is 7.99. The van der Waals surface area contributed by atoms with Gasteiger partial charge in [0, 0.05) is 40.6 Å². The van der Waals surface area contributed by atoms with E-state index in [-0.39, 0.29) is 17.4 Å². The monoisotopic (exact) mass is 487 g/mol. The van der Waals surface area contributed by atoms with Crippen molar-refractivity contribution in [3.8, 4) is 17.1 Å². The third-order valence-corrected chi connectivity index (χ3v) is 6.63. The minimum atomic E-state index is -0.321. The van der Waals surface area contributed by atoms with Crippen LogP contribution in [-0.4, -0.2) is 35.9 Å². The second kappa shape index (κ2) is 9.71. The van der Waals surface area contributed by atoms with Gasteiger partial charge in [0.25, 0.3) is 0 Å². The van der Waals surface area contributed by atoms with E-state index in [0.29, 0.717) is 28.8 Å². The maximum Gasteiger partial charge on any atom is 0.192 e. The van der Waals surface area contributed by atoms with Crippen molar-refractivity contribution in [3.63, 3.8) is 0 Å². The van der Waals surface area contributed by atoms with Gasteiger partial charge in [0.2, 0.25) is 0 Å². The zero-order chi connectivity index (χ0) is 24.4. The maximum atomic E-state index is 13.8. The number of thioether (sulfide) groups is 1. The van der Waals surface area contributed by atoms with Gasteiger partial charge in [-0.3, -0.25) is 14.3 Å². The highest BCUT2D eigenvalue weighted by Gasteiger charge is 2.20. The Morgan fingerprint density at radius 3 is 2.71 bits per heavy atom. The van der Waals surface area contributed by atoms with Crippen LogP contribution in [0.15, 0.2) is 82.8 Å². The van der Waals surface area contributed by atoms with Crippen LogP contribution in [0.4, 0.5) is 4.39 Å². The van der Waals surface area contributed by atoms with Crippen LogP contribution in [0, 0.1) is 19.7 Å². The van der Waals surface area contributed by atoms with Gasteiger partial charge in [-0.1, -0.05) is 17.8 Å². The van der Waals surface area contributed by atoms with E-state index < -0.39 is 0 Å². The van der Waals surface area contributed by atoms with Crippen molar-refractivity contribution in [2.45, 2.75) is 25.5 Å². The van der Waals surface area contributed by atoms with E-state index in [0.717, 1.165) is 22.7 Å². The number of hydrogen-bond acceptors (Lipinski definition) is 6. The summed E-state index contributed by atoms with van der Waals surface area (Å²) in [4.78, 5) is 17.4. The molecule has 0 saturated heterocycles. The molecule has 9 heteroatoms. The number of aromatic nitrogens is 5. The topological polar surface area (TPSA) is 78.7 Å². The van der Waals surface area contributed by atoms with Crippen molar-refractivity contribution < 1.29 is 13.6 Å². The molecule has 0 N–H and O–H groups in total. The number of rotatable bonds is 8. The molecule has 0 aliphatic rings. The Hall–Kier alpha value is -3.98. The van der Waals surface area contributed by atoms with Gasteiger partial charge in [0.1, 0.15) is 11.6 Å². The van der Waals surface area contributed by atoms with Gasteiger partial charge < -0.3 is 8.98 Å². The van der Waals surface area contributed by atoms with Crippen molar-refractivity contribution in [3.05, 3.63) is 102 Å². The lowest BCUT2D eigenvalue weighted by Crippen LogP contribution is -2.08. The first-order valence-electron chi connectivity index (χ1n) is 11.0. The maximum absolute atomic E-state index is 13.8. The predicted molar refractivity (Wildman–Crippen MR) is 131 cm³/mol. The smallest absolute Gasteiger partial charge is 0.192 e. The average molecular weight is 488 g/mol. The van der Waals surface area contributed by atoms with Gasteiger partial charge in [0.05, 0.1) is 18.6 Å². The number of pyridine rings is 1. The molecule has 0 fully saturated rings.